The second-order valence-electron chi connectivity index (χ2n) is 6.98. The van der Waals surface area contributed by atoms with Gasteiger partial charge >= 0.3 is 6.03 Å². The number of hydrogen-bond acceptors (Lipinski definition) is 2. The average molecular weight is 324 g/mol. The van der Waals surface area contributed by atoms with Crippen molar-refractivity contribution in [3.63, 3.8) is 0 Å². The van der Waals surface area contributed by atoms with Crippen LogP contribution in [0.25, 0.3) is 0 Å². The molecule has 0 spiro atoms. The quantitative estimate of drug-likeness (QED) is 0.908. The Bertz CT molecular complexity index is 724. The molecule has 0 radical (unpaired) electrons. The number of fused-ring (bicyclic) bond motifs is 1. The molecule has 2 aromatic rings. The number of hydrogen-bond donors (Lipinski definition) is 2. The molecule has 1 fully saturated rings. The Labute approximate surface area is 142 Å². The molecule has 24 heavy (non-hydrogen) atoms. The molecule has 4 rings (SSSR count). The van der Waals surface area contributed by atoms with E-state index in [9.17, 15) is 4.79 Å². The van der Waals surface area contributed by atoms with Crippen LogP contribution in [0.1, 0.15) is 48.0 Å². The lowest BCUT2D eigenvalue weighted by Gasteiger charge is -2.24. The van der Waals surface area contributed by atoms with Crippen LogP contribution in [-0.2, 0) is 13.5 Å². The summed E-state index contributed by atoms with van der Waals surface area (Å²) < 4.78 is 1.93. The molecule has 3 atom stereocenters. The molecule has 1 heterocycles. The molecule has 0 unspecified atom stereocenters. The summed E-state index contributed by atoms with van der Waals surface area (Å²) in [5, 5.41) is 10.5. The first kappa shape index (κ1) is 15.2. The van der Waals surface area contributed by atoms with Gasteiger partial charge in [-0.25, -0.2) is 4.79 Å². The van der Waals surface area contributed by atoms with Gasteiger partial charge in [-0.1, -0.05) is 30.3 Å². The fraction of sp³-hybridized carbons (Fsp3) is 0.474. The van der Waals surface area contributed by atoms with Crippen molar-refractivity contribution in [1.29, 1.82) is 0 Å². The number of nitrogens with zero attached hydrogens (tertiary/aromatic N) is 2. The van der Waals surface area contributed by atoms with E-state index in [1.165, 1.54) is 23.2 Å². The Morgan fingerprint density at radius 2 is 2.17 bits per heavy atom. The molecule has 5 heteroatoms. The monoisotopic (exact) mass is 324 g/mol. The van der Waals surface area contributed by atoms with Crippen molar-refractivity contribution in [3.8, 4) is 0 Å². The Hall–Kier alpha value is -2.30. The zero-order chi connectivity index (χ0) is 16.5. The van der Waals surface area contributed by atoms with E-state index in [2.05, 4.69) is 40.0 Å². The highest BCUT2D eigenvalue weighted by Gasteiger charge is 2.38. The van der Waals surface area contributed by atoms with Gasteiger partial charge in [-0.05, 0) is 43.1 Å². The minimum absolute atomic E-state index is 0.0598. The maximum Gasteiger partial charge on any atom is 0.315 e. The maximum absolute atomic E-state index is 12.3. The fourth-order valence-corrected chi connectivity index (χ4v) is 3.87. The van der Waals surface area contributed by atoms with Crippen molar-refractivity contribution in [2.24, 2.45) is 13.0 Å². The molecule has 0 saturated heterocycles. The maximum atomic E-state index is 12.3. The number of aryl methyl sites for hydroxylation is 1. The first-order chi connectivity index (χ1) is 11.7. The standard InChI is InChI=1S/C19H24N4O/c1-23-18-9-5-8-17(16(18)12-21-23)22-19(24)20-11-14-10-15(14)13-6-3-2-4-7-13/h2-4,6-7,12,14-15,17H,5,8-11H2,1H3,(H2,20,22,24)/t14-,15+,17+/m1/s1. The summed E-state index contributed by atoms with van der Waals surface area (Å²) in [5.41, 5.74) is 3.81. The molecule has 2 aliphatic carbocycles. The van der Waals surface area contributed by atoms with Gasteiger partial charge in [-0.15, -0.1) is 0 Å². The van der Waals surface area contributed by atoms with E-state index in [0.717, 1.165) is 25.8 Å². The van der Waals surface area contributed by atoms with Crippen LogP contribution < -0.4 is 10.6 Å². The summed E-state index contributed by atoms with van der Waals surface area (Å²) in [5.74, 6) is 1.17. The number of aromatic nitrogens is 2. The van der Waals surface area contributed by atoms with E-state index in [-0.39, 0.29) is 12.1 Å². The fourth-order valence-electron chi connectivity index (χ4n) is 3.87. The highest BCUT2D eigenvalue weighted by molar-refractivity contribution is 5.74. The van der Waals surface area contributed by atoms with Crippen molar-refractivity contribution in [3.05, 3.63) is 53.3 Å². The SMILES string of the molecule is Cn1ncc2c1CCC[C@@H]2NC(=O)NC[C@H]1C[C@H]1c1ccccc1. The second-order valence-corrected chi connectivity index (χ2v) is 6.98. The molecule has 1 aromatic carbocycles. The van der Waals surface area contributed by atoms with Crippen LogP contribution >= 0.6 is 0 Å². The summed E-state index contributed by atoms with van der Waals surface area (Å²) in [4.78, 5) is 12.3. The zero-order valence-electron chi connectivity index (χ0n) is 14.0. The molecular weight excluding hydrogens is 300 g/mol. The van der Waals surface area contributed by atoms with Crippen LogP contribution in [0.15, 0.2) is 36.5 Å². The Morgan fingerprint density at radius 3 is 3.00 bits per heavy atom. The predicted octanol–water partition coefficient (Wildman–Crippen LogP) is 2.90. The number of nitrogens with one attached hydrogen (secondary N) is 2. The first-order valence-electron chi connectivity index (χ1n) is 8.82. The van der Waals surface area contributed by atoms with Gasteiger partial charge < -0.3 is 10.6 Å². The topological polar surface area (TPSA) is 59.0 Å². The van der Waals surface area contributed by atoms with E-state index in [4.69, 9.17) is 0 Å². The Morgan fingerprint density at radius 1 is 1.33 bits per heavy atom. The van der Waals surface area contributed by atoms with Crippen LogP contribution in [0.5, 0.6) is 0 Å². The number of carbonyl (C=O) groups is 1. The summed E-state index contributed by atoms with van der Waals surface area (Å²) in [6.45, 7) is 0.748. The summed E-state index contributed by atoms with van der Waals surface area (Å²) in [6, 6.07) is 10.6. The van der Waals surface area contributed by atoms with Crippen LogP contribution in [-0.4, -0.2) is 22.4 Å². The molecule has 0 bridgehead atoms. The molecule has 2 aliphatic rings. The van der Waals surface area contributed by atoms with Gasteiger partial charge in [0, 0.05) is 24.8 Å². The van der Waals surface area contributed by atoms with E-state index < -0.39 is 0 Å². The largest absolute Gasteiger partial charge is 0.338 e. The average Bonchev–Trinajstić information content (AvgIpc) is 3.30. The molecule has 5 nitrogen and oxygen atoms in total. The third-order valence-corrected chi connectivity index (χ3v) is 5.36. The van der Waals surface area contributed by atoms with E-state index >= 15 is 0 Å². The van der Waals surface area contributed by atoms with Gasteiger partial charge in [0.25, 0.3) is 0 Å². The van der Waals surface area contributed by atoms with Gasteiger partial charge in [-0.2, -0.15) is 5.10 Å². The normalized spacial score (nSPS) is 25.0. The lowest BCUT2D eigenvalue weighted by molar-refractivity contribution is 0.235. The smallest absolute Gasteiger partial charge is 0.315 e. The van der Waals surface area contributed by atoms with Gasteiger partial charge in [0.15, 0.2) is 0 Å². The highest BCUT2D eigenvalue weighted by atomic mass is 16.2. The van der Waals surface area contributed by atoms with E-state index in [1.807, 2.05) is 24.0 Å². The predicted molar refractivity (Wildman–Crippen MR) is 92.7 cm³/mol. The Balaban J connectivity index is 1.28. The lowest BCUT2D eigenvalue weighted by Crippen LogP contribution is -2.40. The van der Waals surface area contributed by atoms with Crippen LogP contribution in [0.4, 0.5) is 4.79 Å². The Kier molecular flexibility index (Phi) is 4.00. The molecule has 1 aromatic heterocycles. The third-order valence-electron chi connectivity index (χ3n) is 5.36. The highest BCUT2D eigenvalue weighted by Crippen LogP contribution is 2.46. The molecule has 1 saturated carbocycles. The van der Waals surface area contributed by atoms with Crippen molar-refractivity contribution < 1.29 is 4.79 Å². The second kappa shape index (κ2) is 6.30. The summed E-state index contributed by atoms with van der Waals surface area (Å²) >= 11 is 0. The lowest BCUT2D eigenvalue weighted by atomic mass is 9.93. The van der Waals surface area contributed by atoms with Crippen molar-refractivity contribution >= 4 is 6.03 Å². The molecule has 2 amide bonds. The van der Waals surface area contributed by atoms with E-state index in [0.29, 0.717) is 11.8 Å². The van der Waals surface area contributed by atoms with Crippen LogP contribution in [0.2, 0.25) is 0 Å². The van der Waals surface area contributed by atoms with Gasteiger partial charge in [0.05, 0.1) is 12.2 Å². The summed E-state index contributed by atoms with van der Waals surface area (Å²) in [6.07, 6.45) is 6.19. The number of rotatable bonds is 4. The minimum atomic E-state index is -0.0598. The van der Waals surface area contributed by atoms with Crippen LogP contribution in [0, 0.1) is 5.92 Å². The van der Waals surface area contributed by atoms with Crippen molar-refractivity contribution in [2.45, 2.75) is 37.6 Å². The number of benzene rings is 1. The number of carbonyl (C=O) groups excluding carboxylic acids is 1. The molecule has 126 valence electrons. The minimum Gasteiger partial charge on any atom is -0.338 e. The third kappa shape index (κ3) is 3.03. The van der Waals surface area contributed by atoms with Gasteiger partial charge in [0.2, 0.25) is 0 Å². The molecular formula is C19H24N4O. The number of urea groups is 1. The molecule has 2 N–H and O–H groups in total. The van der Waals surface area contributed by atoms with Crippen molar-refractivity contribution in [1.82, 2.24) is 20.4 Å². The molecule has 0 aliphatic heterocycles. The van der Waals surface area contributed by atoms with Gasteiger partial charge in [-0.3, -0.25) is 4.68 Å². The van der Waals surface area contributed by atoms with E-state index in [1.54, 1.807) is 0 Å². The summed E-state index contributed by atoms with van der Waals surface area (Å²) in [7, 11) is 1.97. The van der Waals surface area contributed by atoms with Crippen LogP contribution in [0.3, 0.4) is 0 Å². The van der Waals surface area contributed by atoms with Crippen molar-refractivity contribution in [2.75, 3.05) is 6.54 Å². The number of amides is 2. The zero-order valence-corrected chi connectivity index (χ0v) is 14.0. The first-order valence-corrected chi connectivity index (χ1v) is 8.82. The van der Waals surface area contributed by atoms with Gasteiger partial charge in [0.1, 0.15) is 0 Å².